The molecular formula is C19H20N2O3S. The number of nitrogens with zero attached hydrogens (tertiary/aromatic N) is 1. The minimum absolute atomic E-state index is 0.0464. The van der Waals surface area contributed by atoms with E-state index in [4.69, 9.17) is 9.47 Å². The van der Waals surface area contributed by atoms with Crippen molar-refractivity contribution in [1.29, 1.82) is 0 Å². The van der Waals surface area contributed by atoms with E-state index >= 15 is 0 Å². The van der Waals surface area contributed by atoms with E-state index in [2.05, 4.69) is 9.97 Å². The first-order valence-corrected chi connectivity index (χ1v) is 9.02. The minimum Gasteiger partial charge on any atom is -0.497 e. The number of aromatic amines is 1. The average Bonchev–Trinajstić information content (AvgIpc) is 3.02. The topological polar surface area (TPSA) is 64.2 Å². The van der Waals surface area contributed by atoms with Crippen LogP contribution in [0.4, 0.5) is 0 Å². The number of imidazole rings is 1. The molecule has 130 valence electrons. The standard InChI is InChI=1S/C19H20N2O3S/c1-4-24-18-8-5-13(12(2)22)9-14(18)11-25-19-20-16-7-6-15(23-3)10-17(16)21-19/h5-10H,4,11H2,1-3H3,(H,20,21). The maximum Gasteiger partial charge on any atom is 0.166 e. The number of fused-ring (bicyclic) bond motifs is 1. The molecule has 0 saturated heterocycles. The molecule has 6 heteroatoms. The van der Waals surface area contributed by atoms with Crippen LogP contribution in [0.25, 0.3) is 11.0 Å². The van der Waals surface area contributed by atoms with Gasteiger partial charge in [-0.1, -0.05) is 11.8 Å². The summed E-state index contributed by atoms with van der Waals surface area (Å²) in [6.07, 6.45) is 0. The van der Waals surface area contributed by atoms with E-state index in [9.17, 15) is 4.79 Å². The van der Waals surface area contributed by atoms with Gasteiger partial charge in [0.1, 0.15) is 11.5 Å². The van der Waals surface area contributed by atoms with E-state index in [-0.39, 0.29) is 5.78 Å². The summed E-state index contributed by atoms with van der Waals surface area (Å²) in [5.41, 5.74) is 3.50. The number of H-pyrrole nitrogens is 1. The number of aromatic nitrogens is 2. The molecule has 0 aliphatic carbocycles. The number of benzene rings is 2. The van der Waals surface area contributed by atoms with Gasteiger partial charge in [0.15, 0.2) is 10.9 Å². The van der Waals surface area contributed by atoms with Crippen molar-refractivity contribution in [2.24, 2.45) is 0 Å². The smallest absolute Gasteiger partial charge is 0.166 e. The van der Waals surface area contributed by atoms with E-state index in [0.29, 0.717) is 17.9 Å². The molecule has 3 rings (SSSR count). The first-order chi connectivity index (χ1) is 12.1. The van der Waals surface area contributed by atoms with Gasteiger partial charge in [0.2, 0.25) is 0 Å². The molecule has 0 aliphatic rings. The van der Waals surface area contributed by atoms with Crippen LogP contribution in [-0.4, -0.2) is 29.5 Å². The summed E-state index contributed by atoms with van der Waals surface area (Å²) in [6, 6.07) is 11.3. The normalized spacial score (nSPS) is 10.8. The van der Waals surface area contributed by atoms with Crippen LogP contribution in [0.1, 0.15) is 29.8 Å². The number of ketones is 1. The van der Waals surface area contributed by atoms with Crippen LogP contribution in [0.3, 0.4) is 0 Å². The lowest BCUT2D eigenvalue weighted by Crippen LogP contribution is -1.99. The zero-order valence-electron chi connectivity index (χ0n) is 14.5. The Balaban J connectivity index is 1.82. The van der Waals surface area contributed by atoms with Crippen molar-refractivity contribution >= 4 is 28.6 Å². The molecule has 1 heterocycles. The summed E-state index contributed by atoms with van der Waals surface area (Å²) < 4.78 is 10.9. The molecule has 0 amide bonds. The summed E-state index contributed by atoms with van der Waals surface area (Å²) in [5.74, 6) is 2.30. The summed E-state index contributed by atoms with van der Waals surface area (Å²) in [4.78, 5) is 19.5. The van der Waals surface area contributed by atoms with Crippen LogP contribution in [0.2, 0.25) is 0 Å². The third-order valence-electron chi connectivity index (χ3n) is 3.80. The second-order valence-corrected chi connectivity index (χ2v) is 6.49. The molecule has 1 N–H and O–H groups in total. The number of rotatable bonds is 7. The summed E-state index contributed by atoms with van der Waals surface area (Å²) in [5, 5.41) is 0.818. The van der Waals surface area contributed by atoms with Gasteiger partial charge in [-0.15, -0.1) is 0 Å². The maximum atomic E-state index is 11.6. The molecule has 0 spiro atoms. The summed E-state index contributed by atoms with van der Waals surface area (Å²) >= 11 is 1.57. The first kappa shape index (κ1) is 17.4. The highest BCUT2D eigenvalue weighted by Gasteiger charge is 2.10. The zero-order chi connectivity index (χ0) is 17.8. The van der Waals surface area contributed by atoms with E-state index in [1.807, 2.05) is 37.3 Å². The Morgan fingerprint density at radius 3 is 2.80 bits per heavy atom. The van der Waals surface area contributed by atoms with Crippen LogP contribution in [0.5, 0.6) is 11.5 Å². The molecule has 2 aromatic carbocycles. The number of carbonyl (C=O) groups excluding carboxylic acids is 1. The lowest BCUT2D eigenvalue weighted by atomic mass is 10.1. The molecule has 0 aliphatic heterocycles. The van der Waals surface area contributed by atoms with Crippen LogP contribution >= 0.6 is 11.8 Å². The fraction of sp³-hybridized carbons (Fsp3) is 0.263. The van der Waals surface area contributed by atoms with Gasteiger partial charge in [-0.25, -0.2) is 4.98 Å². The Labute approximate surface area is 150 Å². The molecule has 3 aromatic rings. The molecule has 0 saturated carbocycles. The van der Waals surface area contributed by atoms with E-state index in [0.717, 1.165) is 33.3 Å². The second-order valence-electron chi connectivity index (χ2n) is 5.53. The number of thioether (sulfide) groups is 1. The summed E-state index contributed by atoms with van der Waals surface area (Å²) in [7, 11) is 1.64. The highest BCUT2D eigenvalue weighted by atomic mass is 32.2. The van der Waals surface area contributed by atoms with Crippen LogP contribution in [0, 0.1) is 0 Å². The Morgan fingerprint density at radius 1 is 1.24 bits per heavy atom. The fourth-order valence-corrected chi connectivity index (χ4v) is 3.38. The molecular weight excluding hydrogens is 336 g/mol. The average molecular weight is 356 g/mol. The van der Waals surface area contributed by atoms with Crippen molar-refractivity contribution in [2.75, 3.05) is 13.7 Å². The van der Waals surface area contributed by atoms with Crippen molar-refractivity contribution < 1.29 is 14.3 Å². The maximum absolute atomic E-state index is 11.6. The SMILES string of the molecule is CCOc1ccc(C(C)=O)cc1CSc1nc2ccc(OC)cc2[nH]1. The van der Waals surface area contributed by atoms with Crippen molar-refractivity contribution in [3.63, 3.8) is 0 Å². The molecule has 0 atom stereocenters. The van der Waals surface area contributed by atoms with Gasteiger partial charge >= 0.3 is 0 Å². The van der Waals surface area contributed by atoms with Crippen molar-refractivity contribution in [3.8, 4) is 11.5 Å². The number of hydrogen-bond acceptors (Lipinski definition) is 5. The van der Waals surface area contributed by atoms with Crippen molar-refractivity contribution in [1.82, 2.24) is 9.97 Å². The van der Waals surface area contributed by atoms with Gasteiger partial charge < -0.3 is 14.5 Å². The third-order valence-corrected chi connectivity index (χ3v) is 4.72. The molecule has 0 radical (unpaired) electrons. The number of hydrogen-bond donors (Lipinski definition) is 1. The lowest BCUT2D eigenvalue weighted by Gasteiger charge is -2.10. The van der Waals surface area contributed by atoms with Crippen LogP contribution in [0.15, 0.2) is 41.6 Å². The zero-order valence-corrected chi connectivity index (χ0v) is 15.3. The molecule has 1 aromatic heterocycles. The quantitative estimate of drug-likeness (QED) is 0.500. The van der Waals surface area contributed by atoms with E-state index < -0.39 is 0 Å². The van der Waals surface area contributed by atoms with E-state index in [1.165, 1.54) is 0 Å². The predicted molar refractivity (Wildman–Crippen MR) is 99.8 cm³/mol. The Morgan fingerprint density at radius 2 is 2.08 bits per heavy atom. The monoisotopic (exact) mass is 356 g/mol. The van der Waals surface area contributed by atoms with Gasteiger partial charge in [0.25, 0.3) is 0 Å². The number of methoxy groups -OCH3 is 1. The van der Waals surface area contributed by atoms with E-state index in [1.54, 1.807) is 31.9 Å². The highest BCUT2D eigenvalue weighted by Crippen LogP contribution is 2.29. The highest BCUT2D eigenvalue weighted by molar-refractivity contribution is 7.98. The fourth-order valence-electron chi connectivity index (χ4n) is 2.51. The second kappa shape index (κ2) is 7.61. The van der Waals surface area contributed by atoms with Crippen molar-refractivity contribution in [3.05, 3.63) is 47.5 Å². The summed E-state index contributed by atoms with van der Waals surface area (Å²) in [6.45, 7) is 4.10. The van der Waals surface area contributed by atoms with Gasteiger partial charge in [-0.2, -0.15) is 0 Å². The lowest BCUT2D eigenvalue weighted by molar-refractivity contribution is 0.101. The number of carbonyl (C=O) groups is 1. The number of ether oxygens (including phenoxy) is 2. The predicted octanol–water partition coefficient (Wildman–Crippen LogP) is 4.47. The van der Waals surface area contributed by atoms with Gasteiger partial charge in [0.05, 0.1) is 24.8 Å². The Kier molecular flexibility index (Phi) is 5.28. The molecule has 0 bridgehead atoms. The van der Waals surface area contributed by atoms with Crippen molar-refractivity contribution in [2.45, 2.75) is 24.8 Å². The molecule has 25 heavy (non-hydrogen) atoms. The Bertz CT molecular complexity index is 905. The van der Waals surface area contributed by atoms with Gasteiger partial charge in [-0.3, -0.25) is 4.79 Å². The largest absolute Gasteiger partial charge is 0.497 e. The molecule has 0 unspecified atom stereocenters. The van der Waals surface area contributed by atoms with Crippen LogP contribution < -0.4 is 9.47 Å². The first-order valence-electron chi connectivity index (χ1n) is 8.04. The molecule has 0 fully saturated rings. The number of Topliss-reactive ketones (excluding diaryl/α,β-unsaturated/α-hetero) is 1. The number of nitrogens with one attached hydrogen (secondary N) is 1. The third kappa shape index (κ3) is 3.96. The van der Waals surface area contributed by atoms with Crippen LogP contribution in [-0.2, 0) is 5.75 Å². The van der Waals surface area contributed by atoms with Gasteiger partial charge in [-0.05, 0) is 44.2 Å². The van der Waals surface area contributed by atoms with Gasteiger partial charge in [0, 0.05) is 22.9 Å². The minimum atomic E-state index is 0.0464. The Hall–Kier alpha value is -2.47. The molecule has 5 nitrogen and oxygen atoms in total.